The summed E-state index contributed by atoms with van der Waals surface area (Å²) in [6.45, 7) is 1.95. The van der Waals surface area contributed by atoms with Crippen LogP contribution < -0.4 is 10.6 Å². The van der Waals surface area contributed by atoms with Gasteiger partial charge >= 0.3 is 0 Å². The lowest BCUT2D eigenvalue weighted by atomic mass is 10.1. The molecule has 8 heteroatoms. The standard InChI is InChI=1S/C19H21N5OS.ClH/c25-18(16-8-11-24(23-16)15-7-4-9-20-13-15)22-17(19-21-10-12-26-19)14-5-2-1-3-6-14;/h1-3,5-6,8,10-12,15,17,20H,4,7,9,13H2,(H,22,25);1H. The Balaban J connectivity index is 0.00000210. The molecule has 0 radical (unpaired) electrons. The average Bonchev–Trinajstić information content (AvgIpc) is 3.39. The summed E-state index contributed by atoms with van der Waals surface area (Å²) >= 11 is 1.53. The predicted molar refractivity (Wildman–Crippen MR) is 108 cm³/mol. The topological polar surface area (TPSA) is 71.8 Å². The molecule has 27 heavy (non-hydrogen) atoms. The number of nitrogens with one attached hydrogen (secondary N) is 2. The number of benzene rings is 1. The average molecular weight is 404 g/mol. The summed E-state index contributed by atoms with van der Waals surface area (Å²) in [6.07, 6.45) is 5.87. The summed E-state index contributed by atoms with van der Waals surface area (Å²) in [5, 5.41) is 13.8. The molecule has 2 unspecified atom stereocenters. The third-order valence-electron chi connectivity index (χ3n) is 4.59. The maximum Gasteiger partial charge on any atom is 0.272 e. The van der Waals surface area contributed by atoms with Gasteiger partial charge in [0.25, 0.3) is 5.91 Å². The van der Waals surface area contributed by atoms with Crippen molar-refractivity contribution in [1.29, 1.82) is 0 Å². The van der Waals surface area contributed by atoms with Crippen LogP contribution >= 0.6 is 23.7 Å². The van der Waals surface area contributed by atoms with Crippen LogP contribution in [-0.4, -0.2) is 33.8 Å². The van der Waals surface area contributed by atoms with Gasteiger partial charge < -0.3 is 10.6 Å². The molecule has 2 aromatic heterocycles. The Kier molecular flexibility index (Phi) is 6.60. The van der Waals surface area contributed by atoms with Gasteiger partial charge in [0.2, 0.25) is 0 Å². The van der Waals surface area contributed by atoms with Crippen molar-refractivity contribution < 1.29 is 4.79 Å². The molecule has 0 spiro atoms. The second-order valence-electron chi connectivity index (χ2n) is 6.37. The van der Waals surface area contributed by atoms with Crippen molar-refractivity contribution >= 4 is 29.7 Å². The zero-order valence-corrected chi connectivity index (χ0v) is 16.4. The number of piperidine rings is 1. The van der Waals surface area contributed by atoms with Crippen LogP contribution in [0.15, 0.2) is 54.2 Å². The molecule has 2 atom stereocenters. The molecule has 1 aliphatic heterocycles. The molecule has 142 valence electrons. The highest BCUT2D eigenvalue weighted by Gasteiger charge is 2.22. The number of amides is 1. The second kappa shape index (κ2) is 9.12. The zero-order valence-electron chi connectivity index (χ0n) is 14.7. The lowest BCUT2D eigenvalue weighted by molar-refractivity contribution is 0.0936. The van der Waals surface area contributed by atoms with Gasteiger partial charge in [-0.3, -0.25) is 9.48 Å². The summed E-state index contributed by atoms with van der Waals surface area (Å²) in [6, 6.07) is 11.7. The number of carbonyl (C=O) groups excluding carboxylic acids is 1. The Morgan fingerprint density at radius 3 is 2.85 bits per heavy atom. The van der Waals surface area contributed by atoms with Crippen molar-refractivity contribution in [1.82, 2.24) is 25.4 Å². The number of carbonyl (C=O) groups is 1. The summed E-state index contributed by atoms with van der Waals surface area (Å²) in [7, 11) is 0. The van der Waals surface area contributed by atoms with Gasteiger partial charge in [0.15, 0.2) is 0 Å². The molecule has 3 aromatic rings. The number of nitrogens with zero attached hydrogens (tertiary/aromatic N) is 3. The first-order valence-corrected chi connectivity index (χ1v) is 9.70. The van der Waals surface area contributed by atoms with Gasteiger partial charge in [0, 0.05) is 24.3 Å². The Labute approximate surface area is 168 Å². The second-order valence-corrected chi connectivity index (χ2v) is 7.29. The van der Waals surface area contributed by atoms with E-state index >= 15 is 0 Å². The van der Waals surface area contributed by atoms with Crippen LogP contribution in [0.25, 0.3) is 0 Å². The molecule has 1 amide bonds. The Morgan fingerprint density at radius 1 is 1.30 bits per heavy atom. The molecular weight excluding hydrogens is 382 g/mol. The van der Waals surface area contributed by atoms with Gasteiger partial charge in [-0.25, -0.2) is 4.98 Å². The maximum absolute atomic E-state index is 12.8. The van der Waals surface area contributed by atoms with Gasteiger partial charge in [-0.2, -0.15) is 5.10 Å². The van der Waals surface area contributed by atoms with Crippen LogP contribution in [0.4, 0.5) is 0 Å². The predicted octanol–water partition coefficient (Wildman–Crippen LogP) is 3.21. The fourth-order valence-electron chi connectivity index (χ4n) is 3.24. The molecular formula is C19H22ClN5OS. The monoisotopic (exact) mass is 403 g/mol. The highest BCUT2D eigenvalue weighted by molar-refractivity contribution is 7.09. The third kappa shape index (κ3) is 4.55. The Bertz CT molecular complexity index is 846. The van der Waals surface area contributed by atoms with Crippen LogP contribution in [-0.2, 0) is 0 Å². The van der Waals surface area contributed by atoms with Gasteiger partial charge in [0.1, 0.15) is 16.7 Å². The maximum atomic E-state index is 12.8. The molecule has 1 saturated heterocycles. The Hall–Kier alpha value is -2.22. The molecule has 6 nitrogen and oxygen atoms in total. The molecule has 0 bridgehead atoms. The van der Waals surface area contributed by atoms with Crippen LogP contribution in [0, 0.1) is 0 Å². The van der Waals surface area contributed by atoms with Crippen LogP contribution in [0.3, 0.4) is 0 Å². The third-order valence-corrected chi connectivity index (χ3v) is 5.43. The van der Waals surface area contributed by atoms with Crippen LogP contribution in [0.2, 0.25) is 0 Å². The van der Waals surface area contributed by atoms with E-state index in [0.29, 0.717) is 11.7 Å². The first-order valence-electron chi connectivity index (χ1n) is 8.82. The molecule has 2 N–H and O–H groups in total. The smallest absolute Gasteiger partial charge is 0.272 e. The van der Waals surface area contributed by atoms with E-state index < -0.39 is 0 Å². The largest absolute Gasteiger partial charge is 0.337 e. The van der Waals surface area contributed by atoms with Crippen molar-refractivity contribution in [3.05, 3.63) is 70.4 Å². The highest BCUT2D eigenvalue weighted by Crippen LogP contribution is 2.24. The quantitative estimate of drug-likeness (QED) is 0.686. The molecule has 1 fully saturated rings. The molecule has 4 rings (SSSR count). The van der Waals surface area contributed by atoms with E-state index in [-0.39, 0.29) is 24.4 Å². The van der Waals surface area contributed by atoms with E-state index in [0.717, 1.165) is 36.5 Å². The van der Waals surface area contributed by atoms with E-state index in [2.05, 4.69) is 20.7 Å². The Morgan fingerprint density at radius 2 is 2.15 bits per heavy atom. The summed E-state index contributed by atoms with van der Waals surface area (Å²) in [5.74, 6) is -0.184. The number of rotatable bonds is 5. The molecule has 3 heterocycles. The van der Waals surface area contributed by atoms with E-state index in [9.17, 15) is 4.79 Å². The lowest BCUT2D eigenvalue weighted by Gasteiger charge is -2.23. The highest BCUT2D eigenvalue weighted by atomic mass is 35.5. The molecule has 1 aliphatic rings. The van der Waals surface area contributed by atoms with Crippen molar-refractivity contribution in [2.24, 2.45) is 0 Å². The summed E-state index contributed by atoms with van der Waals surface area (Å²) in [4.78, 5) is 17.2. The first kappa shape index (κ1) is 19.5. The van der Waals surface area contributed by atoms with E-state index in [1.807, 2.05) is 46.6 Å². The van der Waals surface area contributed by atoms with Crippen LogP contribution in [0.5, 0.6) is 0 Å². The first-order chi connectivity index (χ1) is 12.8. The van der Waals surface area contributed by atoms with E-state index in [1.165, 1.54) is 11.3 Å². The molecule has 1 aromatic carbocycles. The van der Waals surface area contributed by atoms with E-state index in [1.54, 1.807) is 12.3 Å². The minimum Gasteiger partial charge on any atom is -0.337 e. The minimum absolute atomic E-state index is 0. The SMILES string of the molecule is Cl.O=C(NC(c1ccccc1)c1nccs1)c1ccn(C2CCCNC2)n1. The number of thiazole rings is 1. The van der Waals surface area contributed by atoms with Crippen molar-refractivity contribution in [2.75, 3.05) is 13.1 Å². The molecule has 0 saturated carbocycles. The van der Waals surface area contributed by atoms with Crippen molar-refractivity contribution in [3.8, 4) is 0 Å². The fraction of sp³-hybridized carbons (Fsp3) is 0.316. The number of halogens is 1. The normalized spacial score (nSPS) is 17.7. The van der Waals surface area contributed by atoms with Crippen molar-refractivity contribution in [2.45, 2.75) is 24.9 Å². The van der Waals surface area contributed by atoms with E-state index in [4.69, 9.17) is 0 Å². The van der Waals surface area contributed by atoms with Gasteiger partial charge in [-0.1, -0.05) is 30.3 Å². The minimum atomic E-state index is -0.273. The summed E-state index contributed by atoms with van der Waals surface area (Å²) in [5.41, 5.74) is 1.44. The van der Waals surface area contributed by atoms with Crippen LogP contribution in [0.1, 0.15) is 46.0 Å². The zero-order chi connectivity index (χ0) is 17.8. The number of aromatic nitrogens is 3. The van der Waals surface area contributed by atoms with Gasteiger partial charge in [-0.15, -0.1) is 23.7 Å². The van der Waals surface area contributed by atoms with Crippen molar-refractivity contribution in [3.63, 3.8) is 0 Å². The number of hydrogen-bond donors (Lipinski definition) is 2. The fourth-order valence-corrected chi connectivity index (χ4v) is 3.95. The number of hydrogen-bond acceptors (Lipinski definition) is 5. The summed E-state index contributed by atoms with van der Waals surface area (Å²) < 4.78 is 1.90. The lowest BCUT2D eigenvalue weighted by Crippen LogP contribution is -2.32. The van der Waals surface area contributed by atoms with Gasteiger partial charge in [0.05, 0.1) is 6.04 Å². The van der Waals surface area contributed by atoms with Gasteiger partial charge in [-0.05, 0) is 31.0 Å². The molecule has 0 aliphatic carbocycles.